The first kappa shape index (κ1) is 25.1. The van der Waals surface area contributed by atoms with Gasteiger partial charge in [0.25, 0.3) is 0 Å². The first-order chi connectivity index (χ1) is 16.2. The Morgan fingerprint density at radius 3 is 2.00 bits per heavy atom. The van der Waals surface area contributed by atoms with Crippen molar-refractivity contribution in [2.24, 2.45) is 5.92 Å². The summed E-state index contributed by atoms with van der Waals surface area (Å²) in [7, 11) is -1.43. The van der Waals surface area contributed by atoms with E-state index < -0.39 is 10.0 Å². The molecule has 0 atom stereocenters. The molecule has 0 radical (unpaired) electrons. The van der Waals surface area contributed by atoms with Crippen molar-refractivity contribution < 1.29 is 18.0 Å². The topological polar surface area (TPSA) is 84.5 Å². The number of likely N-dealkylation sites (tertiary alicyclic amines) is 1. The van der Waals surface area contributed by atoms with Crippen molar-refractivity contribution in [2.75, 3.05) is 79.0 Å². The van der Waals surface area contributed by atoms with Gasteiger partial charge in [0, 0.05) is 71.4 Å². The predicted molar refractivity (Wildman–Crippen MR) is 130 cm³/mol. The summed E-state index contributed by atoms with van der Waals surface area (Å²) < 4.78 is 27.3. The molecule has 1 aromatic carbocycles. The molecule has 3 saturated heterocycles. The van der Waals surface area contributed by atoms with Gasteiger partial charge in [0.05, 0.1) is 11.4 Å². The molecule has 0 N–H and O–H groups in total. The molecule has 0 bridgehead atoms. The number of likely N-dealkylation sites (N-methyl/N-ethyl adjacent to an activating group) is 1. The Labute approximate surface area is 203 Å². The van der Waals surface area contributed by atoms with Crippen molar-refractivity contribution in [3.8, 4) is 0 Å². The van der Waals surface area contributed by atoms with Crippen LogP contribution in [0.3, 0.4) is 0 Å². The maximum absolute atomic E-state index is 12.9. The Kier molecular flexibility index (Phi) is 7.91. The standard InChI is InChI=1S/C24H37N5O4S/c1-20-3-5-22(6-4-20)34(32,33)29-17-13-26(14-18-29)19-23(30)27-9-7-21(8-10-27)24(31)28-15-11-25(2)12-16-28/h3-6,21H,7-19H2,1-2H3. The van der Waals surface area contributed by atoms with Gasteiger partial charge in [-0.25, -0.2) is 8.42 Å². The van der Waals surface area contributed by atoms with Gasteiger partial charge in [-0.1, -0.05) is 17.7 Å². The van der Waals surface area contributed by atoms with Gasteiger partial charge in [-0.15, -0.1) is 0 Å². The van der Waals surface area contributed by atoms with E-state index in [0.29, 0.717) is 50.7 Å². The highest BCUT2D eigenvalue weighted by atomic mass is 32.2. The highest BCUT2D eigenvalue weighted by Gasteiger charge is 2.33. The molecule has 3 heterocycles. The smallest absolute Gasteiger partial charge is 0.243 e. The van der Waals surface area contributed by atoms with Crippen LogP contribution in [-0.4, -0.2) is 123 Å². The van der Waals surface area contributed by atoms with Gasteiger partial charge in [0.15, 0.2) is 0 Å². The minimum atomic E-state index is -3.51. The maximum Gasteiger partial charge on any atom is 0.243 e. The highest BCUT2D eigenvalue weighted by Crippen LogP contribution is 2.22. The molecule has 188 valence electrons. The number of benzene rings is 1. The lowest BCUT2D eigenvalue weighted by Gasteiger charge is -2.38. The zero-order chi connectivity index (χ0) is 24.3. The van der Waals surface area contributed by atoms with E-state index in [1.165, 1.54) is 4.31 Å². The van der Waals surface area contributed by atoms with E-state index in [-0.39, 0.29) is 17.7 Å². The molecule has 0 spiro atoms. The summed E-state index contributed by atoms with van der Waals surface area (Å²) >= 11 is 0. The lowest BCUT2D eigenvalue weighted by atomic mass is 9.95. The molecule has 4 rings (SSSR count). The van der Waals surface area contributed by atoms with Crippen molar-refractivity contribution in [2.45, 2.75) is 24.7 Å². The molecule has 0 aromatic heterocycles. The molecule has 34 heavy (non-hydrogen) atoms. The van der Waals surface area contributed by atoms with E-state index in [9.17, 15) is 18.0 Å². The Bertz CT molecular complexity index is 960. The average Bonchev–Trinajstić information content (AvgIpc) is 2.85. The molecular weight excluding hydrogens is 454 g/mol. The molecule has 3 aliphatic heterocycles. The number of hydrogen-bond acceptors (Lipinski definition) is 6. The van der Waals surface area contributed by atoms with Gasteiger partial charge in [-0.2, -0.15) is 4.31 Å². The summed E-state index contributed by atoms with van der Waals surface area (Å²) in [5.41, 5.74) is 1.02. The van der Waals surface area contributed by atoms with Crippen LogP contribution in [0, 0.1) is 12.8 Å². The fraction of sp³-hybridized carbons (Fsp3) is 0.667. The number of piperidine rings is 1. The van der Waals surface area contributed by atoms with Crippen molar-refractivity contribution in [1.29, 1.82) is 0 Å². The molecule has 2 amide bonds. The second-order valence-corrected chi connectivity index (χ2v) is 11.7. The van der Waals surface area contributed by atoms with Gasteiger partial charge in [-0.05, 0) is 38.9 Å². The number of piperazine rings is 2. The average molecular weight is 492 g/mol. The van der Waals surface area contributed by atoms with Crippen LogP contribution in [0.1, 0.15) is 18.4 Å². The summed E-state index contributed by atoms with van der Waals surface area (Å²) in [5, 5.41) is 0. The van der Waals surface area contributed by atoms with Crippen LogP contribution < -0.4 is 0 Å². The van der Waals surface area contributed by atoms with Gasteiger partial charge < -0.3 is 14.7 Å². The molecule has 1 aromatic rings. The third kappa shape index (κ3) is 5.79. The van der Waals surface area contributed by atoms with Crippen LogP contribution in [0.15, 0.2) is 29.2 Å². The van der Waals surface area contributed by atoms with Gasteiger partial charge in [0.1, 0.15) is 0 Å². The van der Waals surface area contributed by atoms with Crippen molar-refractivity contribution >= 4 is 21.8 Å². The van der Waals surface area contributed by atoms with E-state index in [0.717, 1.165) is 44.6 Å². The minimum Gasteiger partial charge on any atom is -0.342 e. The van der Waals surface area contributed by atoms with Crippen LogP contribution in [0.25, 0.3) is 0 Å². The lowest BCUT2D eigenvalue weighted by molar-refractivity contribution is -0.142. The van der Waals surface area contributed by atoms with Crippen molar-refractivity contribution in [3.05, 3.63) is 29.8 Å². The van der Waals surface area contributed by atoms with Crippen LogP contribution >= 0.6 is 0 Å². The number of amides is 2. The van der Waals surface area contributed by atoms with E-state index in [1.807, 2.05) is 33.8 Å². The molecule has 0 unspecified atom stereocenters. The van der Waals surface area contributed by atoms with E-state index in [2.05, 4.69) is 11.9 Å². The van der Waals surface area contributed by atoms with Crippen molar-refractivity contribution in [3.63, 3.8) is 0 Å². The summed E-state index contributed by atoms with van der Waals surface area (Å²) in [6.45, 7) is 8.72. The molecule has 10 heteroatoms. The zero-order valence-electron chi connectivity index (χ0n) is 20.4. The van der Waals surface area contributed by atoms with E-state index in [4.69, 9.17) is 0 Å². The first-order valence-corrected chi connectivity index (χ1v) is 13.7. The Morgan fingerprint density at radius 2 is 1.41 bits per heavy atom. The van der Waals surface area contributed by atoms with Gasteiger partial charge in [-0.3, -0.25) is 14.5 Å². The molecular formula is C24H37N5O4S. The fourth-order valence-corrected chi connectivity index (χ4v) is 6.36. The normalized spacial score (nSPS) is 22.2. The molecule has 0 aliphatic carbocycles. The number of nitrogens with zero attached hydrogens (tertiary/aromatic N) is 5. The zero-order valence-corrected chi connectivity index (χ0v) is 21.2. The monoisotopic (exact) mass is 491 g/mol. The minimum absolute atomic E-state index is 0.0166. The predicted octanol–water partition coefficient (Wildman–Crippen LogP) is 0.314. The second-order valence-electron chi connectivity index (χ2n) is 9.78. The molecule has 3 fully saturated rings. The van der Waals surface area contributed by atoms with Crippen LogP contribution in [0.5, 0.6) is 0 Å². The van der Waals surface area contributed by atoms with Crippen LogP contribution in [0.4, 0.5) is 0 Å². The van der Waals surface area contributed by atoms with Gasteiger partial charge in [0.2, 0.25) is 21.8 Å². The third-order valence-electron chi connectivity index (χ3n) is 7.36. The van der Waals surface area contributed by atoms with E-state index in [1.54, 1.807) is 12.1 Å². The fourth-order valence-electron chi connectivity index (χ4n) is 4.94. The van der Waals surface area contributed by atoms with E-state index >= 15 is 0 Å². The van der Waals surface area contributed by atoms with Crippen molar-refractivity contribution in [1.82, 2.24) is 23.9 Å². The summed E-state index contributed by atoms with van der Waals surface area (Å²) in [6, 6.07) is 6.92. The number of carbonyl (C=O) groups excluding carboxylic acids is 2. The lowest BCUT2D eigenvalue weighted by Crippen LogP contribution is -2.53. The summed E-state index contributed by atoms with van der Waals surface area (Å²) in [5.74, 6) is 0.328. The largest absolute Gasteiger partial charge is 0.342 e. The highest BCUT2D eigenvalue weighted by molar-refractivity contribution is 7.89. The maximum atomic E-state index is 12.9. The molecule has 3 aliphatic rings. The van der Waals surface area contributed by atoms with Gasteiger partial charge >= 0.3 is 0 Å². The Balaban J connectivity index is 1.21. The number of hydrogen-bond donors (Lipinski definition) is 0. The number of rotatable bonds is 5. The second kappa shape index (κ2) is 10.7. The molecule has 0 saturated carbocycles. The summed E-state index contributed by atoms with van der Waals surface area (Å²) in [4.78, 5) is 34.1. The third-order valence-corrected chi connectivity index (χ3v) is 9.27. The molecule has 9 nitrogen and oxygen atoms in total. The quantitative estimate of drug-likeness (QED) is 0.590. The number of carbonyl (C=O) groups is 2. The number of aryl methyl sites for hydroxylation is 1. The Hall–Kier alpha value is -2.01. The Morgan fingerprint density at radius 1 is 0.824 bits per heavy atom. The van der Waals surface area contributed by atoms with Crippen LogP contribution in [0.2, 0.25) is 0 Å². The van der Waals surface area contributed by atoms with Crippen LogP contribution in [-0.2, 0) is 19.6 Å². The number of sulfonamides is 1. The SMILES string of the molecule is Cc1ccc(S(=O)(=O)N2CCN(CC(=O)N3CCC(C(=O)N4CCN(C)CC4)CC3)CC2)cc1. The first-order valence-electron chi connectivity index (χ1n) is 12.3. The summed E-state index contributed by atoms with van der Waals surface area (Å²) in [6.07, 6.45) is 1.44.